The first kappa shape index (κ1) is 14.2. The van der Waals surface area contributed by atoms with Crippen LogP contribution in [0, 0.1) is 11.8 Å². The first-order chi connectivity index (χ1) is 10.2. The number of rotatable bonds is 5. The van der Waals surface area contributed by atoms with E-state index in [9.17, 15) is 4.79 Å². The fourth-order valence-electron chi connectivity index (χ4n) is 3.08. The van der Waals surface area contributed by atoms with Crippen LogP contribution in [0.3, 0.4) is 0 Å². The van der Waals surface area contributed by atoms with E-state index < -0.39 is 0 Å². The number of para-hydroxylation sites is 1. The van der Waals surface area contributed by atoms with Crippen LogP contribution in [0.25, 0.3) is 0 Å². The van der Waals surface area contributed by atoms with Crippen molar-refractivity contribution in [1.82, 2.24) is 10.6 Å². The molecule has 1 aliphatic carbocycles. The van der Waals surface area contributed by atoms with Gasteiger partial charge in [0.1, 0.15) is 0 Å². The largest absolute Gasteiger partial charge is 0.371 e. The highest BCUT2D eigenvalue weighted by molar-refractivity contribution is 5.74. The Morgan fingerprint density at radius 2 is 2.05 bits per heavy atom. The number of anilines is 1. The maximum atomic E-state index is 11.9. The monoisotopic (exact) mass is 287 g/mol. The molecular formula is C17H25N3O. The standard InChI is InChI=1S/C17H25N3O/c1-13(15-7-8-15)19-17(21)18-11-14-9-10-20(12-14)16-5-3-2-4-6-16/h2-6,13-15H,7-12H2,1H3,(H2,18,19,21). The molecule has 2 fully saturated rings. The summed E-state index contributed by atoms with van der Waals surface area (Å²) >= 11 is 0. The number of carbonyl (C=O) groups is 1. The highest BCUT2D eigenvalue weighted by Crippen LogP contribution is 2.32. The molecule has 2 atom stereocenters. The van der Waals surface area contributed by atoms with Crippen LogP contribution in [0.2, 0.25) is 0 Å². The highest BCUT2D eigenvalue weighted by Gasteiger charge is 2.29. The van der Waals surface area contributed by atoms with Crippen LogP contribution in [0.5, 0.6) is 0 Å². The summed E-state index contributed by atoms with van der Waals surface area (Å²) in [7, 11) is 0. The molecule has 4 heteroatoms. The van der Waals surface area contributed by atoms with Gasteiger partial charge in [-0.1, -0.05) is 18.2 Å². The van der Waals surface area contributed by atoms with E-state index in [0.717, 1.165) is 26.1 Å². The normalized spacial score (nSPS) is 22.9. The minimum Gasteiger partial charge on any atom is -0.371 e. The molecule has 1 aromatic carbocycles. The average Bonchev–Trinajstić information content (AvgIpc) is 3.25. The van der Waals surface area contributed by atoms with Crippen molar-refractivity contribution in [2.75, 3.05) is 24.5 Å². The van der Waals surface area contributed by atoms with E-state index >= 15 is 0 Å². The molecule has 2 N–H and O–H groups in total. The molecule has 1 saturated heterocycles. The Hall–Kier alpha value is -1.71. The molecule has 0 radical (unpaired) electrons. The summed E-state index contributed by atoms with van der Waals surface area (Å²) in [6, 6.07) is 10.8. The molecule has 21 heavy (non-hydrogen) atoms. The lowest BCUT2D eigenvalue weighted by Gasteiger charge is -2.19. The van der Waals surface area contributed by atoms with Gasteiger partial charge in [-0.3, -0.25) is 0 Å². The van der Waals surface area contributed by atoms with E-state index in [4.69, 9.17) is 0 Å². The van der Waals surface area contributed by atoms with Gasteiger partial charge in [0.05, 0.1) is 0 Å². The Bertz CT molecular complexity index is 472. The summed E-state index contributed by atoms with van der Waals surface area (Å²) < 4.78 is 0. The summed E-state index contributed by atoms with van der Waals surface area (Å²) in [6.45, 7) is 4.98. The van der Waals surface area contributed by atoms with Crippen molar-refractivity contribution in [1.29, 1.82) is 0 Å². The lowest BCUT2D eigenvalue weighted by Crippen LogP contribution is -2.43. The van der Waals surface area contributed by atoms with Crippen LogP contribution >= 0.6 is 0 Å². The average molecular weight is 287 g/mol. The molecule has 4 nitrogen and oxygen atoms in total. The zero-order valence-electron chi connectivity index (χ0n) is 12.7. The van der Waals surface area contributed by atoms with E-state index in [1.54, 1.807) is 0 Å². The zero-order chi connectivity index (χ0) is 14.7. The van der Waals surface area contributed by atoms with Crippen molar-refractivity contribution in [3.63, 3.8) is 0 Å². The van der Waals surface area contributed by atoms with E-state index in [0.29, 0.717) is 17.9 Å². The smallest absolute Gasteiger partial charge is 0.315 e. The van der Waals surface area contributed by atoms with Crippen molar-refractivity contribution in [2.24, 2.45) is 11.8 Å². The number of hydrogen-bond donors (Lipinski definition) is 2. The van der Waals surface area contributed by atoms with Crippen molar-refractivity contribution in [3.05, 3.63) is 30.3 Å². The lowest BCUT2D eigenvalue weighted by atomic mass is 10.1. The Morgan fingerprint density at radius 3 is 2.76 bits per heavy atom. The maximum absolute atomic E-state index is 11.9. The molecule has 1 heterocycles. The minimum atomic E-state index is -0.00689. The molecular weight excluding hydrogens is 262 g/mol. The van der Waals surface area contributed by atoms with Gasteiger partial charge in [0.25, 0.3) is 0 Å². The number of urea groups is 1. The van der Waals surface area contributed by atoms with Gasteiger partial charge < -0.3 is 15.5 Å². The van der Waals surface area contributed by atoms with Gasteiger partial charge in [-0.05, 0) is 50.2 Å². The molecule has 0 bridgehead atoms. The minimum absolute atomic E-state index is 0.00689. The predicted molar refractivity (Wildman–Crippen MR) is 85.5 cm³/mol. The molecule has 0 spiro atoms. The third-order valence-corrected chi connectivity index (χ3v) is 4.65. The van der Waals surface area contributed by atoms with Crippen molar-refractivity contribution >= 4 is 11.7 Å². The van der Waals surface area contributed by atoms with Gasteiger partial charge >= 0.3 is 6.03 Å². The number of amides is 2. The van der Waals surface area contributed by atoms with Crippen molar-refractivity contribution < 1.29 is 4.79 Å². The molecule has 0 aromatic heterocycles. The Labute approximate surface area is 126 Å². The third-order valence-electron chi connectivity index (χ3n) is 4.65. The van der Waals surface area contributed by atoms with Crippen LogP contribution < -0.4 is 15.5 Å². The van der Waals surface area contributed by atoms with E-state index in [2.05, 4.69) is 46.7 Å². The number of nitrogens with one attached hydrogen (secondary N) is 2. The quantitative estimate of drug-likeness (QED) is 0.874. The fourth-order valence-corrected chi connectivity index (χ4v) is 3.08. The number of nitrogens with zero attached hydrogens (tertiary/aromatic N) is 1. The zero-order valence-corrected chi connectivity index (χ0v) is 12.7. The summed E-state index contributed by atoms with van der Waals surface area (Å²) in [5.41, 5.74) is 1.28. The number of benzene rings is 1. The number of carbonyl (C=O) groups excluding carboxylic acids is 1. The highest BCUT2D eigenvalue weighted by atomic mass is 16.2. The topological polar surface area (TPSA) is 44.4 Å². The fraction of sp³-hybridized carbons (Fsp3) is 0.588. The van der Waals surface area contributed by atoms with Crippen molar-refractivity contribution in [2.45, 2.75) is 32.2 Å². The summed E-state index contributed by atoms with van der Waals surface area (Å²) in [4.78, 5) is 14.3. The van der Waals surface area contributed by atoms with Gasteiger partial charge in [0.15, 0.2) is 0 Å². The van der Waals surface area contributed by atoms with Gasteiger partial charge in [-0.25, -0.2) is 4.79 Å². The first-order valence-corrected chi connectivity index (χ1v) is 8.07. The molecule has 1 aliphatic heterocycles. The summed E-state index contributed by atoms with van der Waals surface area (Å²) in [5, 5.41) is 6.08. The molecule has 3 rings (SSSR count). The van der Waals surface area contributed by atoms with Gasteiger partial charge in [-0.2, -0.15) is 0 Å². The van der Waals surface area contributed by atoms with E-state index in [1.807, 2.05) is 6.07 Å². The molecule has 2 aliphatic rings. The molecule has 1 aromatic rings. The maximum Gasteiger partial charge on any atom is 0.315 e. The van der Waals surface area contributed by atoms with E-state index in [1.165, 1.54) is 18.5 Å². The van der Waals surface area contributed by atoms with E-state index in [-0.39, 0.29) is 6.03 Å². The second kappa shape index (κ2) is 6.37. The van der Waals surface area contributed by atoms with Crippen LogP contribution in [0.1, 0.15) is 26.2 Å². The lowest BCUT2D eigenvalue weighted by molar-refractivity contribution is 0.235. The summed E-state index contributed by atoms with van der Waals surface area (Å²) in [5.74, 6) is 1.25. The Morgan fingerprint density at radius 1 is 1.29 bits per heavy atom. The van der Waals surface area contributed by atoms with Crippen LogP contribution in [-0.2, 0) is 0 Å². The second-order valence-corrected chi connectivity index (χ2v) is 6.42. The van der Waals surface area contributed by atoms with Gasteiger partial charge in [-0.15, -0.1) is 0 Å². The van der Waals surface area contributed by atoms with Crippen LogP contribution in [-0.4, -0.2) is 31.7 Å². The second-order valence-electron chi connectivity index (χ2n) is 6.42. The summed E-state index contributed by atoms with van der Waals surface area (Å²) in [6.07, 6.45) is 3.67. The Kier molecular flexibility index (Phi) is 4.32. The first-order valence-electron chi connectivity index (χ1n) is 8.07. The van der Waals surface area contributed by atoms with Gasteiger partial charge in [0.2, 0.25) is 0 Å². The third kappa shape index (κ3) is 3.90. The van der Waals surface area contributed by atoms with Crippen LogP contribution in [0.4, 0.5) is 10.5 Å². The number of hydrogen-bond acceptors (Lipinski definition) is 2. The predicted octanol–water partition coefficient (Wildman–Crippen LogP) is 2.61. The molecule has 2 unspecified atom stereocenters. The Balaban J connectivity index is 1.39. The SMILES string of the molecule is CC(NC(=O)NCC1CCN(c2ccccc2)C1)C1CC1. The van der Waals surface area contributed by atoms with Crippen molar-refractivity contribution in [3.8, 4) is 0 Å². The van der Waals surface area contributed by atoms with Gasteiger partial charge in [0, 0.05) is 31.4 Å². The molecule has 114 valence electrons. The van der Waals surface area contributed by atoms with Crippen LogP contribution in [0.15, 0.2) is 30.3 Å². The molecule has 2 amide bonds. The molecule has 1 saturated carbocycles.